The van der Waals surface area contributed by atoms with Crippen molar-refractivity contribution in [2.45, 2.75) is 65.1 Å². The van der Waals surface area contributed by atoms with Gasteiger partial charge in [0.05, 0.1) is 11.5 Å². The van der Waals surface area contributed by atoms with Gasteiger partial charge in [0.1, 0.15) is 10.6 Å². The van der Waals surface area contributed by atoms with E-state index in [1.807, 2.05) is 39.1 Å². The molecule has 1 aliphatic rings. The summed E-state index contributed by atoms with van der Waals surface area (Å²) in [6, 6.07) is 2.37. The summed E-state index contributed by atoms with van der Waals surface area (Å²) >= 11 is 1.52. The Labute approximate surface area is 153 Å². The van der Waals surface area contributed by atoms with Gasteiger partial charge >= 0.3 is 0 Å². The lowest BCUT2D eigenvalue weighted by atomic mass is 10.2. The van der Waals surface area contributed by atoms with E-state index in [1.165, 1.54) is 11.3 Å². The molecule has 2 heterocycles. The molecule has 2 aromatic heterocycles. The third kappa shape index (κ3) is 4.89. The van der Waals surface area contributed by atoms with Crippen molar-refractivity contribution in [2.24, 2.45) is 0 Å². The number of anilines is 1. The van der Waals surface area contributed by atoms with Gasteiger partial charge in [-0.05, 0) is 44.6 Å². The average Bonchev–Trinajstić information content (AvgIpc) is 3.24. The molecule has 0 aromatic carbocycles. The van der Waals surface area contributed by atoms with Crippen LogP contribution in [0.3, 0.4) is 0 Å². The maximum atomic E-state index is 12.2. The molecule has 2 aromatic rings. The van der Waals surface area contributed by atoms with Crippen LogP contribution in [0.5, 0.6) is 0 Å². The van der Waals surface area contributed by atoms with Crippen LogP contribution in [-0.2, 0) is 4.74 Å². The van der Waals surface area contributed by atoms with Crippen molar-refractivity contribution in [3.8, 4) is 0 Å². The summed E-state index contributed by atoms with van der Waals surface area (Å²) in [7, 11) is 1.75. The van der Waals surface area contributed by atoms with E-state index in [0.29, 0.717) is 12.1 Å². The van der Waals surface area contributed by atoms with Gasteiger partial charge in [0, 0.05) is 19.2 Å². The summed E-state index contributed by atoms with van der Waals surface area (Å²) in [5.74, 6) is 0.726. The summed E-state index contributed by atoms with van der Waals surface area (Å²) < 4.78 is 5.42. The highest BCUT2D eigenvalue weighted by Gasteiger charge is 2.26. The lowest BCUT2D eigenvalue weighted by molar-refractivity contribution is 0.0933. The molecule has 1 aliphatic carbocycles. The highest BCUT2D eigenvalue weighted by molar-refractivity contribution is 7.16. The van der Waals surface area contributed by atoms with Crippen molar-refractivity contribution >= 4 is 33.3 Å². The van der Waals surface area contributed by atoms with E-state index >= 15 is 0 Å². The van der Waals surface area contributed by atoms with Crippen LogP contribution in [-0.4, -0.2) is 41.2 Å². The molecule has 1 fully saturated rings. The highest BCUT2D eigenvalue weighted by Crippen LogP contribution is 2.29. The summed E-state index contributed by atoms with van der Waals surface area (Å²) in [5, 5.41) is 9.27. The first-order chi connectivity index (χ1) is 12.1. The fraction of sp³-hybridized carbons (Fsp3) is 0.611. The van der Waals surface area contributed by atoms with Gasteiger partial charge in [0.15, 0.2) is 0 Å². The zero-order valence-corrected chi connectivity index (χ0v) is 16.4. The molecule has 2 atom stereocenters. The Morgan fingerprint density at radius 1 is 1.32 bits per heavy atom. The van der Waals surface area contributed by atoms with Gasteiger partial charge in [-0.3, -0.25) is 4.79 Å². The molecule has 0 saturated heterocycles. The minimum Gasteiger partial charge on any atom is -0.381 e. The number of nitrogens with zero attached hydrogens (tertiary/aromatic N) is 2. The van der Waals surface area contributed by atoms with Crippen LogP contribution in [0, 0.1) is 0 Å². The van der Waals surface area contributed by atoms with Gasteiger partial charge in [0.25, 0.3) is 5.91 Å². The second-order valence-corrected chi connectivity index (χ2v) is 7.07. The van der Waals surface area contributed by atoms with Gasteiger partial charge < -0.3 is 15.4 Å². The first-order valence-electron chi connectivity index (χ1n) is 8.92. The van der Waals surface area contributed by atoms with Crippen molar-refractivity contribution < 1.29 is 9.53 Å². The number of hydrogen-bond donors (Lipinski definition) is 2. The van der Waals surface area contributed by atoms with Crippen LogP contribution in [0.2, 0.25) is 0 Å². The molecule has 2 unspecified atom stereocenters. The number of aromatic nitrogens is 2. The molecular weight excluding hydrogens is 336 g/mol. The number of carbonyl (C=O) groups excluding carboxylic acids is 1. The van der Waals surface area contributed by atoms with Gasteiger partial charge in [-0.2, -0.15) is 0 Å². The Morgan fingerprint density at radius 2 is 2.08 bits per heavy atom. The molecule has 3 rings (SSSR count). The molecule has 1 saturated carbocycles. The number of fused-ring (bicyclic) bond motifs is 1. The maximum Gasteiger partial charge on any atom is 0.289 e. The Morgan fingerprint density at radius 3 is 2.72 bits per heavy atom. The number of methoxy groups -OCH3 is 1. The van der Waals surface area contributed by atoms with Crippen molar-refractivity contribution in [3.05, 3.63) is 17.3 Å². The van der Waals surface area contributed by atoms with Gasteiger partial charge in [-0.25, -0.2) is 9.97 Å². The number of thiophene rings is 1. The summed E-state index contributed by atoms with van der Waals surface area (Å²) in [6.45, 7) is 7.84. The second kappa shape index (κ2) is 9.10. The molecule has 6 nitrogen and oxygen atoms in total. The average molecular weight is 365 g/mol. The first-order valence-corrected chi connectivity index (χ1v) is 9.80. The monoisotopic (exact) mass is 364 g/mol. The maximum absolute atomic E-state index is 12.2. The third-order valence-corrected chi connectivity index (χ3v) is 4.81. The number of nitrogens with one attached hydrogen (secondary N) is 2. The van der Waals surface area contributed by atoms with Gasteiger partial charge in [-0.15, -0.1) is 11.3 Å². The summed E-state index contributed by atoms with van der Waals surface area (Å²) in [4.78, 5) is 21.9. The van der Waals surface area contributed by atoms with E-state index in [2.05, 4.69) is 20.6 Å². The number of carbonyl (C=O) groups is 1. The van der Waals surface area contributed by atoms with E-state index in [-0.39, 0.29) is 17.8 Å². The molecular formula is C18H28N4O2S. The molecule has 2 N–H and O–H groups in total. The second-order valence-electron chi connectivity index (χ2n) is 6.18. The van der Waals surface area contributed by atoms with Crippen LogP contribution in [0.15, 0.2) is 11.4 Å². The van der Waals surface area contributed by atoms with Crippen molar-refractivity contribution in [1.82, 2.24) is 15.3 Å². The van der Waals surface area contributed by atoms with Crippen molar-refractivity contribution in [1.29, 1.82) is 0 Å². The Hall–Kier alpha value is -1.73. The Bertz CT molecular complexity index is 701. The van der Waals surface area contributed by atoms with E-state index in [9.17, 15) is 4.79 Å². The van der Waals surface area contributed by atoms with E-state index in [0.717, 1.165) is 35.3 Å². The van der Waals surface area contributed by atoms with E-state index < -0.39 is 0 Å². The smallest absolute Gasteiger partial charge is 0.289 e. The summed E-state index contributed by atoms with van der Waals surface area (Å²) in [6.07, 6.45) is 3.35. The van der Waals surface area contributed by atoms with Crippen LogP contribution in [0.1, 0.15) is 57.6 Å². The Balaban J connectivity index is 0.00000109. The number of rotatable bonds is 5. The predicted molar refractivity (Wildman–Crippen MR) is 103 cm³/mol. The van der Waals surface area contributed by atoms with Crippen molar-refractivity contribution in [3.63, 3.8) is 0 Å². The topological polar surface area (TPSA) is 76.1 Å². The standard InChI is InChI=1S/C16H22N4O2S.C2H6/c1-9(2)17-15(21)14-19-13(12-6-7-23-16(12)20-14)18-10-4-5-11(8-10)22-3;1-2/h6-7,9-11H,4-5,8H2,1-3H3,(H,17,21)(H,18,19,20);1-2H3. The zero-order valence-electron chi connectivity index (χ0n) is 15.6. The SMILES string of the molecule is CC.COC1CCC(Nc2nc(C(=O)NC(C)C)nc3sccc23)C1. The largest absolute Gasteiger partial charge is 0.381 e. The normalized spacial score (nSPS) is 19.6. The zero-order chi connectivity index (χ0) is 18.4. The molecule has 25 heavy (non-hydrogen) atoms. The van der Waals surface area contributed by atoms with Gasteiger partial charge in [0.2, 0.25) is 5.82 Å². The number of amides is 1. The number of hydrogen-bond acceptors (Lipinski definition) is 6. The minimum absolute atomic E-state index is 0.0545. The molecule has 138 valence electrons. The quantitative estimate of drug-likeness (QED) is 0.843. The number of ether oxygens (including phenoxy) is 1. The lowest BCUT2D eigenvalue weighted by Gasteiger charge is -2.15. The molecule has 0 radical (unpaired) electrons. The first kappa shape index (κ1) is 19.6. The van der Waals surface area contributed by atoms with Crippen LogP contribution in [0.25, 0.3) is 10.2 Å². The summed E-state index contributed by atoms with van der Waals surface area (Å²) in [5.41, 5.74) is 0. The minimum atomic E-state index is -0.237. The van der Waals surface area contributed by atoms with E-state index in [4.69, 9.17) is 4.74 Å². The highest BCUT2D eigenvalue weighted by atomic mass is 32.1. The molecule has 1 amide bonds. The predicted octanol–water partition coefficient (Wildman–Crippen LogP) is 3.84. The van der Waals surface area contributed by atoms with Gasteiger partial charge in [-0.1, -0.05) is 13.8 Å². The fourth-order valence-corrected chi connectivity index (χ4v) is 3.64. The lowest BCUT2D eigenvalue weighted by Crippen LogP contribution is -2.31. The molecule has 0 aliphatic heterocycles. The third-order valence-electron chi connectivity index (χ3n) is 4.01. The molecule has 0 bridgehead atoms. The molecule has 7 heteroatoms. The van der Waals surface area contributed by atoms with Crippen LogP contribution < -0.4 is 10.6 Å². The van der Waals surface area contributed by atoms with Crippen LogP contribution in [0.4, 0.5) is 5.82 Å². The Kier molecular flexibility index (Phi) is 7.13. The van der Waals surface area contributed by atoms with Crippen molar-refractivity contribution in [2.75, 3.05) is 12.4 Å². The molecule has 0 spiro atoms. The van der Waals surface area contributed by atoms with E-state index in [1.54, 1.807) is 7.11 Å². The van der Waals surface area contributed by atoms with Crippen LogP contribution >= 0.6 is 11.3 Å². The fourth-order valence-electron chi connectivity index (χ4n) is 2.87.